The topological polar surface area (TPSA) is 52.6 Å². The number of hydrogen-bond acceptors (Lipinski definition) is 4. The zero-order chi connectivity index (χ0) is 19.5. The third-order valence-electron chi connectivity index (χ3n) is 4.04. The Kier molecular flexibility index (Phi) is 17.5. The second-order valence-electron chi connectivity index (χ2n) is 7.29. The van der Waals surface area contributed by atoms with E-state index >= 15 is 0 Å². The molecule has 0 saturated carbocycles. The summed E-state index contributed by atoms with van der Waals surface area (Å²) < 4.78 is 10.2. The molecule has 0 unspecified atom stereocenters. The number of esters is 2. The van der Waals surface area contributed by atoms with Crippen LogP contribution in [0.2, 0.25) is 0 Å². The van der Waals surface area contributed by atoms with Gasteiger partial charge in [-0.15, -0.1) is 0 Å². The van der Waals surface area contributed by atoms with Crippen LogP contribution in [0.3, 0.4) is 0 Å². The largest absolute Gasteiger partial charge is 0.466 e. The molecule has 0 aromatic carbocycles. The van der Waals surface area contributed by atoms with E-state index in [4.69, 9.17) is 9.47 Å². The van der Waals surface area contributed by atoms with E-state index in [9.17, 15) is 9.59 Å². The van der Waals surface area contributed by atoms with Crippen molar-refractivity contribution in [2.45, 2.75) is 97.8 Å². The molecule has 0 bridgehead atoms. The van der Waals surface area contributed by atoms with Gasteiger partial charge in [0.05, 0.1) is 26.1 Å². The molecule has 0 atom stereocenters. The van der Waals surface area contributed by atoms with Crippen LogP contribution in [0.5, 0.6) is 0 Å². The van der Waals surface area contributed by atoms with Crippen LogP contribution >= 0.6 is 0 Å². The highest BCUT2D eigenvalue weighted by Gasteiger charge is 2.09. The van der Waals surface area contributed by atoms with Crippen LogP contribution in [0.4, 0.5) is 0 Å². The van der Waals surface area contributed by atoms with Crippen LogP contribution < -0.4 is 0 Å². The fourth-order valence-corrected chi connectivity index (χ4v) is 2.50. The van der Waals surface area contributed by atoms with Crippen molar-refractivity contribution in [2.75, 3.05) is 13.2 Å². The van der Waals surface area contributed by atoms with Gasteiger partial charge in [0.25, 0.3) is 0 Å². The molecule has 0 amide bonds. The summed E-state index contributed by atoms with van der Waals surface area (Å²) >= 11 is 0. The van der Waals surface area contributed by atoms with Gasteiger partial charge >= 0.3 is 11.9 Å². The molecule has 0 aliphatic heterocycles. The minimum atomic E-state index is -0.322. The molecular weight excluding hydrogens is 328 g/mol. The number of hydrogen-bond donors (Lipinski definition) is 0. The Morgan fingerprint density at radius 1 is 0.769 bits per heavy atom. The Balaban J connectivity index is 3.30. The van der Waals surface area contributed by atoms with E-state index in [1.165, 1.54) is 44.9 Å². The summed E-state index contributed by atoms with van der Waals surface area (Å²) in [6.45, 7) is 7.00. The molecule has 0 aliphatic carbocycles. The maximum absolute atomic E-state index is 11.6. The average molecular weight is 369 g/mol. The van der Waals surface area contributed by atoms with Crippen molar-refractivity contribution in [1.82, 2.24) is 0 Å². The number of carbonyl (C=O) groups excluding carboxylic acids is 2. The summed E-state index contributed by atoms with van der Waals surface area (Å²) in [5, 5.41) is 0. The van der Waals surface area contributed by atoms with Crippen molar-refractivity contribution in [3.05, 3.63) is 12.2 Å². The molecule has 152 valence electrons. The highest BCUT2D eigenvalue weighted by Crippen LogP contribution is 2.10. The van der Waals surface area contributed by atoms with Gasteiger partial charge in [-0.2, -0.15) is 0 Å². The lowest BCUT2D eigenvalue weighted by Gasteiger charge is -2.07. The normalized spacial score (nSPS) is 11.2. The molecule has 0 aromatic rings. The highest BCUT2D eigenvalue weighted by atomic mass is 16.5. The number of carbonyl (C=O) groups is 2. The standard InChI is InChI=1S/C22H40O4/c1-4-5-6-7-8-9-10-11-12-13-14-15-18-25-21(23)16-17-22(24)26-19-20(2)3/h5-6,20H,4,7-19H2,1-3H3/b6-5+. The Hall–Kier alpha value is -1.32. The third-order valence-corrected chi connectivity index (χ3v) is 4.04. The van der Waals surface area contributed by atoms with E-state index < -0.39 is 0 Å². The molecule has 0 radical (unpaired) electrons. The Labute approximate surface area is 160 Å². The lowest BCUT2D eigenvalue weighted by atomic mass is 10.1. The minimum absolute atomic E-state index is 0.111. The van der Waals surface area contributed by atoms with Gasteiger partial charge in [-0.25, -0.2) is 0 Å². The number of rotatable bonds is 17. The average Bonchev–Trinajstić information content (AvgIpc) is 2.62. The summed E-state index contributed by atoms with van der Waals surface area (Å²) in [7, 11) is 0. The first-order valence-corrected chi connectivity index (χ1v) is 10.5. The van der Waals surface area contributed by atoms with Crippen LogP contribution in [0.15, 0.2) is 12.2 Å². The van der Waals surface area contributed by atoms with Crippen LogP contribution in [-0.4, -0.2) is 25.2 Å². The van der Waals surface area contributed by atoms with Gasteiger partial charge in [0, 0.05) is 0 Å². The summed E-state index contributed by atoms with van der Waals surface area (Å²) in [4.78, 5) is 23.0. The van der Waals surface area contributed by atoms with E-state index in [0.717, 1.165) is 19.3 Å². The van der Waals surface area contributed by atoms with Crippen molar-refractivity contribution < 1.29 is 19.1 Å². The van der Waals surface area contributed by atoms with Crippen molar-refractivity contribution in [2.24, 2.45) is 5.92 Å². The summed E-state index contributed by atoms with van der Waals surface area (Å²) in [5.41, 5.74) is 0. The lowest BCUT2D eigenvalue weighted by Crippen LogP contribution is -2.13. The first-order valence-electron chi connectivity index (χ1n) is 10.5. The number of allylic oxidation sites excluding steroid dienone is 2. The summed E-state index contributed by atoms with van der Waals surface area (Å²) in [5.74, 6) is -0.311. The van der Waals surface area contributed by atoms with Crippen molar-refractivity contribution >= 4 is 11.9 Å². The molecule has 4 nitrogen and oxygen atoms in total. The van der Waals surface area contributed by atoms with Gasteiger partial charge in [0.2, 0.25) is 0 Å². The highest BCUT2D eigenvalue weighted by molar-refractivity contribution is 5.77. The van der Waals surface area contributed by atoms with Gasteiger partial charge in [-0.3, -0.25) is 9.59 Å². The van der Waals surface area contributed by atoms with Crippen LogP contribution in [0, 0.1) is 5.92 Å². The maximum Gasteiger partial charge on any atom is 0.306 e. The smallest absolute Gasteiger partial charge is 0.306 e. The Bertz CT molecular complexity index is 374. The first-order chi connectivity index (χ1) is 12.6. The van der Waals surface area contributed by atoms with E-state index in [1.54, 1.807) is 0 Å². The second-order valence-corrected chi connectivity index (χ2v) is 7.29. The SMILES string of the molecule is CC/C=C/CCCCCCCCCCOC(=O)CCC(=O)OCC(C)C. The minimum Gasteiger partial charge on any atom is -0.466 e. The first kappa shape index (κ1) is 24.7. The van der Waals surface area contributed by atoms with Crippen molar-refractivity contribution in [3.8, 4) is 0 Å². The molecule has 0 aliphatic rings. The van der Waals surface area contributed by atoms with Gasteiger partial charge in [0.15, 0.2) is 0 Å². The van der Waals surface area contributed by atoms with Gasteiger partial charge in [-0.05, 0) is 31.6 Å². The molecule has 0 spiro atoms. The van der Waals surface area contributed by atoms with Crippen molar-refractivity contribution in [1.29, 1.82) is 0 Å². The zero-order valence-corrected chi connectivity index (χ0v) is 17.3. The molecule has 0 rings (SSSR count). The van der Waals surface area contributed by atoms with Gasteiger partial charge < -0.3 is 9.47 Å². The summed E-state index contributed by atoms with van der Waals surface area (Å²) in [6, 6.07) is 0. The monoisotopic (exact) mass is 368 g/mol. The summed E-state index contributed by atoms with van der Waals surface area (Å²) in [6.07, 6.45) is 16.8. The van der Waals surface area contributed by atoms with E-state index in [-0.39, 0.29) is 24.8 Å². The predicted octanol–water partition coefficient (Wildman–Crippen LogP) is 5.99. The molecule has 4 heteroatoms. The van der Waals surface area contributed by atoms with Crippen LogP contribution in [0.25, 0.3) is 0 Å². The molecule has 0 heterocycles. The van der Waals surface area contributed by atoms with Gasteiger partial charge in [0.1, 0.15) is 0 Å². The molecule has 0 N–H and O–H groups in total. The molecule has 26 heavy (non-hydrogen) atoms. The van der Waals surface area contributed by atoms with E-state index in [0.29, 0.717) is 19.1 Å². The predicted molar refractivity (Wildman–Crippen MR) is 107 cm³/mol. The lowest BCUT2D eigenvalue weighted by molar-refractivity contribution is -0.151. The third kappa shape index (κ3) is 19.0. The van der Waals surface area contributed by atoms with Gasteiger partial charge in [-0.1, -0.05) is 71.4 Å². The molecule has 0 aromatic heterocycles. The fourth-order valence-electron chi connectivity index (χ4n) is 2.50. The van der Waals surface area contributed by atoms with Crippen molar-refractivity contribution in [3.63, 3.8) is 0 Å². The molecule has 0 fully saturated rings. The Morgan fingerprint density at radius 3 is 1.88 bits per heavy atom. The van der Waals surface area contributed by atoms with E-state index in [2.05, 4.69) is 19.1 Å². The number of ether oxygens (including phenoxy) is 2. The van der Waals surface area contributed by atoms with Crippen LogP contribution in [0.1, 0.15) is 97.8 Å². The number of unbranched alkanes of at least 4 members (excludes halogenated alkanes) is 8. The maximum atomic E-state index is 11.6. The van der Waals surface area contributed by atoms with E-state index in [1.807, 2.05) is 13.8 Å². The van der Waals surface area contributed by atoms with Crippen LogP contribution in [-0.2, 0) is 19.1 Å². The quantitative estimate of drug-likeness (QED) is 0.180. The molecule has 0 saturated heterocycles. The zero-order valence-electron chi connectivity index (χ0n) is 17.3. The Morgan fingerprint density at radius 2 is 1.31 bits per heavy atom. The molecular formula is C22H40O4. The second kappa shape index (κ2) is 18.5. The fraction of sp³-hybridized carbons (Fsp3) is 0.818.